The van der Waals surface area contributed by atoms with Crippen LogP contribution >= 0.6 is 0 Å². The van der Waals surface area contributed by atoms with Crippen molar-refractivity contribution in [2.45, 2.75) is 33.0 Å². The molecule has 0 amide bonds. The van der Waals surface area contributed by atoms with Crippen molar-refractivity contribution in [2.24, 2.45) is 0 Å². The number of rotatable bonds is 4. The molecule has 3 heterocycles. The molecule has 23 heavy (non-hydrogen) atoms. The van der Waals surface area contributed by atoms with Crippen molar-refractivity contribution in [3.63, 3.8) is 0 Å². The SMILES string of the molecule is CCc1nnc2n1CCN(Cc1cc(-c3ccccc3)no1)C2. The molecule has 0 atom stereocenters. The second-order valence-electron chi connectivity index (χ2n) is 5.79. The van der Waals surface area contributed by atoms with Gasteiger partial charge in [0.2, 0.25) is 0 Å². The van der Waals surface area contributed by atoms with Crippen LogP contribution in [0.3, 0.4) is 0 Å². The number of aromatic nitrogens is 4. The molecular weight excluding hydrogens is 290 g/mol. The lowest BCUT2D eigenvalue weighted by Crippen LogP contribution is -2.33. The van der Waals surface area contributed by atoms with E-state index >= 15 is 0 Å². The van der Waals surface area contributed by atoms with Crippen LogP contribution in [0.25, 0.3) is 11.3 Å². The predicted molar refractivity (Wildman–Crippen MR) is 85.5 cm³/mol. The van der Waals surface area contributed by atoms with Crippen LogP contribution in [-0.2, 0) is 26.1 Å². The van der Waals surface area contributed by atoms with Gasteiger partial charge in [0.15, 0.2) is 5.76 Å². The Morgan fingerprint density at radius 1 is 1.13 bits per heavy atom. The van der Waals surface area contributed by atoms with Gasteiger partial charge in [-0.2, -0.15) is 0 Å². The van der Waals surface area contributed by atoms with E-state index in [-0.39, 0.29) is 0 Å². The van der Waals surface area contributed by atoms with Crippen molar-refractivity contribution in [3.05, 3.63) is 53.8 Å². The fraction of sp³-hybridized carbons (Fsp3) is 0.353. The molecule has 2 aromatic heterocycles. The third kappa shape index (κ3) is 2.77. The van der Waals surface area contributed by atoms with Crippen molar-refractivity contribution in [1.82, 2.24) is 24.8 Å². The highest BCUT2D eigenvalue weighted by molar-refractivity contribution is 5.58. The summed E-state index contributed by atoms with van der Waals surface area (Å²) in [6, 6.07) is 12.1. The van der Waals surface area contributed by atoms with E-state index in [1.807, 2.05) is 36.4 Å². The summed E-state index contributed by atoms with van der Waals surface area (Å²) in [5.41, 5.74) is 1.96. The summed E-state index contributed by atoms with van der Waals surface area (Å²) in [5, 5.41) is 12.7. The first-order valence-corrected chi connectivity index (χ1v) is 7.98. The Bertz CT molecular complexity index is 792. The van der Waals surface area contributed by atoms with E-state index in [1.54, 1.807) is 0 Å². The Balaban J connectivity index is 1.46. The molecule has 6 nitrogen and oxygen atoms in total. The van der Waals surface area contributed by atoms with Crippen molar-refractivity contribution in [1.29, 1.82) is 0 Å². The van der Waals surface area contributed by atoms with Crippen LogP contribution in [-0.4, -0.2) is 31.4 Å². The number of hydrogen-bond acceptors (Lipinski definition) is 5. The zero-order valence-electron chi connectivity index (χ0n) is 13.1. The summed E-state index contributed by atoms with van der Waals surface area (Å²) in [7, 11) is 0. The first kappa shape index (κ1) is 14.1. The molecular formula is C17H19N5O. The van der Waals surface area contributed by atoms with Gasteiger partial charge in [-0.1, -0.05) is 42.4 Å². The van der Waals surface area contributed by atoms with Crippen molar-refractivity contribution in [2.75, 3.05) is 6.54 Å². The average Bonchev–Trinajstić information content (AvgIpc) is 3.22. The van der Waals surface area contributed by atoms with Crippen LogP contribution in [0.1, 0.15) is 24.3 Å². The van der Waals surface area contributed by atoms with E-state index < -0.39 is 0 Å². The lowest BCUT2D eigenvalue weighted by molar-refractivity contribution is 0.185. The van der Waals surface area contributed by atoms with E-state index in [0.29, 0.717) is 0 Å². The quantitative estimate of drug-likeness (QED) is 0.741. The van der Waals surface area contributed by atoms with Crippen LogP contribution in [0.2, 0.25) is 0 Å². The zero-order chi connectivity index (χ0) is 15.6. The van der Waals surface area contributed by atoms with Crippen molar-refractivity contribution in [3.8, 4) is 11.3 Å². The van der Waals surface area contributed by atoms with Crippen LogP contribution in [0.5, 0.6) is 0 Å². The lowest BCUT2D eigenvalue weighted by Gasteiger charge is -2.26. The highest BCUT2D eigenvalue weighted by Crippen LogP contribution is 2.21. The minimum atomic E-state index is 0.744. The molecule has 1 aliphatic heterocycles. The van der Waals surface area contributed by atoms with Crippen LogP contribution in [0, 0.1) is 0 Å². The molecule has 4 rings (SSSR count). The first-order valence-electron chi connectivity index (χ1n) is 7.98. The van der Waals surface area contributed by atoms with Gasteiger partial charge in [0.1, 0.15) is 17.3 Å². The van der Waals surface area contributed by atoms with E-state index in [9.17, 15) is 0 Å². The predicted octanol–water partition coefficient (Wildman–Crippen LogP) is 2.51. The van der Waals surface area contributed by atoms with E-state index in [1.165, 1.54) is 0 Å². The molecule has 0 spiro atoms. The summed E-state index contributed by atoms with van der Waals surface area (Å²) in [5.74, 6) is 2.99. The fourth-order valence-electron chi connectivity index (χ4n) is 3.02. The zero-order valence-corrected chi connectivity index (χ0v) is 13.1. The number of nitrogens with zero attached hydrogens (tertiary/aromatic N) is 5. The van der Waals surface area contributed by atoms with Gasteiger partial charge >= 0.3 is 0 Å². The Hall–Kier alpha value is -2.47. The number of aryl methyl sites for hydroxylation is 1. The van der Waals surface area contributed by atoms with Gasteiger partial charge in [-0.05, 0) is 0 Å². The monoisotopic (exact) mass is 309 g/mol. The van der Waals surface area contributed by atoms with Crippen molar-refractivity contribution >= 4 is 0 Å². The molecule has 0 fully saturated rings. The molecule has 0 bridgehead atoms. The Morgan fingerprint density at radius 3 is 2.83 bits per heavy atom. The van der Waals surface area contributed by atoms with Gasteiger partial charge in [0, 0.05) is 31.1 Å². The standard InChI is InChI=1S/C17H19N5O/c1-2-16-18-19-17-12-21(8-9-22(16)17)11-14-10-15(20-23-14)13-6-4-3-5-7-13/h3-7,10H,2,8-9,11-12H2,1H3. The van der Waals surface area contributed by atoms with E-state index in [0.717, 1.165) is 61.3 Å². The van der Waals surface area contributed by atoms with Gasteiger partial charge in [0.05, 0.1) is 13.1 Å². The number of benzene rings is 1. The molecule has 0 saturated heterocycles. The molecule has 1 aliphatic rings. The summed E-state index contributed by atoms with van der Waals surface area (Å²) in [6.07, 6.45) is 0.926. The molecule has 3 aromatic rings. The van der Waals surface area contributed by atoms with Crippen molar-refractivity contribution < 1.29 is 4.52 Å². The molecule has 6 heteroatoms. The minimum absolute atomic E-state index is 0.744. The number of hydrogen-bond donors (Lipinski definition) is 0. The number of fused-ring (bicyclic) bond motifs is 1. The Morgan fingerprint density at radius 2 is 2.00 bits per heavy atom. The minimum Gasteiger partial charge on any atom is -0.359 e. The van der Waals surface area contributed by atoms with Crippen LogP contribution in [0.15, 0.2) is 40.9 Å². The molecule has 118 valence electrons. The normalized spacial score (nSPS) is 14.8. The molecule has 0 unspecified atom stereocenters. The molecule has 1 aromatic carbocycles. The van der Waals surface area contributed by atoms with Gasteiger partial charge in [-0.15, -0.1) is 10.2 Å². The summed E-state index contributed by atoms with van der Waals surface area (Å²) in [4.78, 5) is 2.32. The average molecular weight is 309 g/mol. The second-order valence-corrected chi connectivity index (χ2v) is 5.79. The third-order valence-electron chi connectivity index (χ3n) is 4.23. The smallest absolute Gasteiger partial charge is 0.151 e. The molecule has 0 radical (unpaired) electrons. The van der Waals surface area contributed by atoms with Gasteiger partial charge in [-0.3, -0.25) is 4.90 Å². The molecule has 0 saturated carbocycles. The Labute approximate surface area is 134 Å². The van der Waals surface area contributed by atoms with E-state index in [2.05, 4.69) is 31.7 Å². The largest absolute Gasteiger partial charge is 0.359 e. The maximum atomic E-state index is 5.50. The van der Waals surface area contributed by atoms with Gasteiger partial charge in [-0.25, -0.2) is 0 Å². The fourth-order valence-corrected chi connectivity index (χ4v) is 3.02. The van der Waals surface area contributed by atoms with Crippen LogP contribution in [0.4, 0.5) is 0 Å². The highest BCUT2D eigenvalue weighted by atomic mass is 16.5. The first-order chi connectivity index (χ1) is 11.3. The maximum absolute atomic E-state index is 5.50. The Kier molecular flexibility index (Phi) is 3.67. The maximum Gasteiger partial charge on any atom is 0.151 e. The summed E-state index contributed by atoms with van der Waals surface area (Å²) < 4.78 is 7.73. The topological polar surface area (TPSA) is 60.0 Å². The third-order valence-corrected chi connectivity index (χ3v) is 4.23. The molecule has 0 N–H and O–H groups in total. The second kappa shape index (κ2) is 5.96. The lowest BCUT2D eigenvalue weighted by atomic mass is 10.1. The van der Waals surface area contributed by atoms with Gasteiger partial charge in [0.25, 0.3) is 0 Å². The summed E-state index contributed by atoms with van der Waals surface area (Å²) in [6.45, 7) is 5.57. The van der Waals surface area contributed by atoms with Crippen LogP contribution < -0.4 is 0 Å². The summed E-state index contributed by atoms with van der Waals surface area (Å²) >= 11 is 0. The molecule has 0 aliphatic carbocycles. The van der Waals surface area contributed by atoms with Gasteiger partial charge < -0.3 is 9.09 Å². The highest BCUT2D eigenvalue weighted by Gasteiger charge is 2.21. The van der Waals surface area contributed by atoms with E-state index in [4.69, 9.17) is 4.52 Å².